The number of hydrogen-bond donors (Lipinski definition) is 0. The fourth-order valence-corrected chi connectivity index (χ4v) is 11.9. The third-order valence-corrected chi connectivity index (χ3v) is 12.6. The van der Waals surface area contributed by atoms with E-state index in [4.69, 9.17) is 0 Å². The van der Waals surface area contributed by atoms with E-state index in [1.807, 2.05) is 54.9 Å². The van der Waals surface area contributed by atoms with Crippen LogP contribution in [0.3, 0.4) is 0 Å². The Hall–Kier alpha value is 2.10. The third-order valence-electron chi connectivity index (χ3n) is 0.831. The second-order valence-corrected chi connectivity index (χ2v) is 11.0. The highest BCUT2D eigenvalue weighted by molar-refractivity contribution is 9.08. The highest BCUT2D eigenvalue weighted by Gasteiger charge is 2.48. The van der Waals surface area contributed by atoms with Crippen LogP contribution in [-0.2, 0) is 0 Å². The quantitative estimate of drug-likeness (QED) is 0.457. The molecule has 0 radical (unpaired) electrons. The van der Waals surface area contributed by atoms with Gasteiger partial charge in [0.25, 0.3) is 0 Å². The molecule has 0 saturated carbocycles. The zero-order valence-electron chi connectivity index (χ0n) is 4.36. The first-order chi connectivity index (χ1) is 4.41. The molecule has 2 fully saturated rings. The maximum Gasteiger partial charge on any atom is 0.183 e. The number of thioether (sulfide) groups is 2. The Morgan fingerprint density at radius 3 is 2.67 bits per heavy atom. The van der Waals surface area contributed by atoms with Crippen molar-refractivity contribution in [1.29, 1.82) is 0 Å². The van der Waals surface area contributed by atoms with E-state index < -0.39 is 0 Å². The highest BCUT2D eigenvalue weighted by Crippen LogP contribution is 2.80. The fourth-order valence-electron chi connectivity index (χ4n) is 0.412. The van der Waals surface area contributed by atoms with Crippen LogP contribution >= 0.6 is 66.7 Å². The van der Waals surface area contributed by atoms with Gasteiger partial charge in [0, 0.05) is 5.08 Å². The Labute approximate surface area is 79.0 Å². The van der Waals surface area contributed by atoms with E-state index in [1.54, 1.807) is 0 Å². The van der Waals surface area contributed by atoms with Crippen LogP contribution < -0.4 is 0 Å². The van der Waals surface area contributed by atoms with Crippen LogP contribution in [0.4, 0.5) is 0 Å². The molecule has 6 heteroatoms. The van der Waals surface area contributed by atoms with E-state index in [2.05, 4.69) is 11.8 Å². The van der Waals surface area contributed by atoms with Gasteiger partial charge in [-0.3, -0.25) is 0 Å². The summed E-state index contributed by atoms with van der Waals surface area (Å²) in [5.74, 6) is 0. The lowest BCUT2D eigenvalue weighted by atomic mass is 11.8. The first-order valence-electron chi connectivity index (χ1n) is 2.30. The van der Waals surface area contributed by atoms with Crippen LogP contribution in [0.1, 0.15) is 0 Å². The van der Waals surface area contributed by atoms with Crippen molar-refractivity contribution in [2.45, 2.75) is 2.74 Å². The second kappa shape index (κ2) is 3.23. The van der Waals surface area contributed by atoms with Crippen molar-refractivity contribution in [2.75, 3.05) is 10.2 Å². The van der Waals surface area contributed by atoms with Crippen LogP contribution in [0.15, 0.2) is 0 Å². The minimum absolute atomic E-state index is 0.522. The van der Waals surface area contributed by atoms with Crippen molar-refractivity contribution >= 4 is 66.7 Å². The van der Waals surface area contributed by atoms with Crippen molar-refractivity contribution in [3.05, 3.63) is 0 Å². The van der Waals surface area contributed by atoms with Crippen LogP contribution in [0.2, 0.25) is 0 Å². The molecule has 0 unspecified atom stereocenters. The summed E-state index contributed by atoms with van der Waals surface area (Å²) in [4.78, 5) is 0. The summed E-state index contributed by atoms with van der Waals surface area (Å²) in [6, 6.07) is 0. The molecule has 52 valence electrons. The first kappa shape index (κ1) is 7.73. The third kappa shape index (κ3) is 2.02. The molecule has 2 aliphatic heterocycles. The van der Waals surface area contributed by atoms with Crippen LogP contribution in [-0.4, -0.2) is 12.9 Å². The summed E-state index contributed by atoms with van der Waals surface area (Å²) in [6.45, 7) is 0. The molecule has 0 atom stereocenters. The van der Waals surface area contributed by atoms with E-state index in [0.29, 0.717) is 2.74 Å². The van der Waals surface area contributed by atoms with Gasteiger partial charge in [-0.1, -0.05) is 21.6 Å². The molecular formula is C3H4S6. The SMILES string of the molecule is C1SCSC2(SS1)SS2. The van der Waals surface area contributed by atoms with Crippen molar-refractivity contribution in [2.24, 2.45) is 0 Å². The summed E-state index contributed by atoms with van der Waals surface area (Å²) < 4.78 is 0.522. The van der Waals surface area contributed by atoms with Gasteiger partial charge in [-0.2, -0.15) is 0 Å². The molecule has 0 bridgehead atoms. The first-order valence-corrected chi connectivity index (χ1v) is 8.91. The van der Waals surface area contributed by atoms with Gasteiger partial charge in [0.2, 0.25) is 0 Å². The maximum absolute atomic E-state index is 2.08. The zero-order valence-corrected chi connectivity index (χ0v) is 9.26. The van der Waals surface area contributed by atoms with Crippen LogP contribution in [0.25, 0.3) is 0 Å². The highest BCUT2D eigenvalue weighted by atomic mass is 33.2. The van der Waals surface area contributed by atoms with Gasteiger partial charge in [-0.25, -0.2) is 0 Å². The molecule has 0 aliphatic carbocycles. The van der Waals surface area contributed by atoms with Gasteiger partial charge in [0.15, 0.2) is 2.74 Å². The average Bonchev–Trinajstić information content (AvgIpc) is 2.64. The minimum atomic E-state index is 0.522. The summed E-state index contributed by atoms with van der Waals surface area (Å²) >= 11 is 4.12. The van der Waals surface area contributed by atoms with Gasteiger partial charge in [0.1, 0.15) is 0 Å². The second-order valence-electron chi connectivity index (χ2n) is 1.45. The molecule has 9 heavy (non-hydrogen) atoms. The summed E-state index contributed by atoms with van der Waals surface area (Å²) in [7, 11) is 8.07. The molecule has 2 heterocycles. The predicted molar refractivity (Wildman–Crippen MR) is 58.0 cm³/mol. The van der Waals surface area contributed by atoms with Crippen LogP contribution in [0, 0.1) is 0 Å². The Balaban J connectivity index is 1.92. The number of hydrogen-bond acceptors (Lipinski definition) is 6. The molecule has 0 nitrogen and oxygen atoms in total. The van der Waals surface area contributed by atoms with Crippen LogP contribution in [0.5, 0.6) is 0 Å². The van der Waals surface area contributed by atoms with E-state index in [9.17, 15) is 0 Å². The molecule has 2 saturated heterocycles. The maximum atomic E-state index is 2.08. The van der Waals surface area contributed by atoms with Crippen molar-refractivity contribution in [3.8, 4) is 0 Å². The van der Waals surface area contributed by atoms with Gasteiger partial charge in [-0.15, -0.1) is 23.5 Å². The molecule has 1 spiro atoms. The molecule has 2 rings (SSSR count). The van der Waals surface area contributed by atoms with Gasteiger partial charge < -0.3 is 0 Å². The molecule has 2 aliphatic rings. The van der Waals surface area contributed by atoms with E-state index in [-0.39, 0.29) is 0 Å². The minimum Gasteiger partial charge on any atom is -0.139 e. The normalized spacial score (nSPS) is 32.0. The Morgan fingerprint density at radius 2 is 1.89 bits per heavy atom. The molecule has 0 amide bonds. The summed E-state index contributed by atoms with van der Waals surface area (Å²) in [5.41, 5.74) is 0. The van der Waals surface area contributed by atoms with Gasteiger partial charge >= 0.3 is 0 Å². The Bertz CT molecular complexity index is 98.9. The lowest BCUT2D eigenvalue weighted by Crippen LogP contribution is -1.85. The zero-order chi connectivity index (χ0) is 6.16. The smallest absolute Gasteiger partial charge is 0.139 e. The monoisotopic (exact) mass is 232 g/mol. The predicted octanol–water partition coefficient (Wildman–Crippen LogP) is 3.77. The van der Waals surface area contributed by atoms with Gasteiger partial charge in [0.05, 0.1) is 5.08 Å². The molecule has 0 aromatic rings. The summed E-state index contributed by atoms with van der Waals surface area (Å²) in [6.07, 6.45) is 0. The van der Waals surface area contributed by atoms with Gasteiger partial charge in [-0.05, 0) is 21.6 Å². The summed E-state index contributed by atoms with van der Waals surface area (Å²) in [5, 5.41) is 2.54. The Kier molecular flexibility index (Phi) is 2.77. The molecule has 0 N–H and O–H groups in total. The van der Waals surface area contributed by atoms with E-state index >= 15 is 0 Å². The molecular weight excluding hydrogens is 228 g/mol. The number of rotatable bonds is 0. The van der Waals surface area contributed by atoms with E-state index in [1.165, 1.54) is 10.2 Å². The van der Waals surface area contributed by atoms with Crippen molar-refractivity contribution < 1.29 is 0 Å². The van der Waals surface area contributed by atoms with Crippen molar-refractivity contribution in [1.82, 2.24) is 0 Å². The largest absolute Gasteiger partial charge is 0.183 e. The Morgan fingerprint density at radius 1 is 1.00 bits per heavy atom. The average molecular weight is 232 g/mol. The fraction of sp³-hybridized carbons (Fsp3) is 1.00. The topological polar surface area (TPSA) is 0 Å². The molecule has 0 aromatic heterocycles. The standard InChI is InChI=1S/C3H4S6/c1-4-2-6-7-3(5-1)8-9-3/h1-2H2. The van der Waals surface area contributed by atoms with E-state index in [0.717, 1.165) is 0 Å². The lowest BCUT2D eigenvalue weighted by Gasteiger charge is -2.01. The molecule has 0 aromatic carbocycles. The van der Waals surface area contributed by atoms with Crippen molar-refractivity contribution in [3.63, 3.8) is 0 Å². The lowest BCUT2D eigenvalue weighted by molar-refractivity contribution is 1.98.